The highest BCUT2D eigenvalue weighted by atomic mass is 16.3. The fraction of sp³-hybridized carbons (Fsp3) is 0. The van der Waals surface area contributed by atoms with Crippen LogP contribution in [0.5, 0.6) is 0 Å². The highest BCUT2D eigenvalue weighted by Crippen LogP contribution is 2.36. The molecule has 2 nitrogen and oxygen atoms in total. The molecular formula is C48H35NO. The van der Waals surface area contributed by atoms with E-state index in [1.165, 1.54) is 32.5 Å². The second kappa shape index (κ2) is 13.5. The Morgan fingerprint density at radius 1 is 0.520 bits per heavy atom. The number of anilines is 1. The molecule has 0 unspecified atom stereocenters. The van der Waals surface area contributed by atoms with Gasteiger partial charge in [0.25, 0.3) is 0 Å². The predicted octanol–water partition coefficient (Wildman–Crippen LogP) is 13.6. The second-order valence-electron chi connectivity index (χ2n) is 12.3. The molecule has 0 spiro atoms. The molecule has 0 atom stereocenters. The van der Waals surface area contributed by atoms with Crippen LogP contribution in [0.3, 0.4) is 0 Å². The van der Waals surface area contributed by atoms with E-state index in [0.717, 1.165) is 49.8 Å². The van der Waals surface area contributed by atoms with Gasteiger partial charge in [0.2, 0.25) is 0 Å². The van der Waals surface area contributed by atoms with Crippen molar-refractivity contribution in [2.45, 2.75) is 0 Å². The van der Waals surface area contributed by atoms with Gasteiger partial charge in [-0.2, -0.15) is 0 Å². The summed E-state index contributed by atoms with van der Waals surface area (Å²) in [5.41, 5.74) is 7.05. The molecule has 0 aliphatic rings. The third kappa shape index (κ3) is 5.85. The summed E-state index contributed by atoms with van der Waals surface area (Å²) in [5, 5.41) is 9.60. The summed E-state index contributed by atoms with van der Waals surface area (Å²) in [6.45, 7) is 7.78. The van der Waals surface area contributed by atoms with Crippen LogP contribution in [-0.2, 0) is 0 Å². The van der Waals surface area contributed by atoms with E-state index >= 15 is 0 Å². The maximum absolute atomic E-state index is 6.57. The molecule has 0 fully saturated rings. The van der Waals surface area contributed by atoms with Gasteiger partial charge in [-0.15, -0.1) is 0 Å². The normalized spacial score (nSPS) is 12.4. The van der Waals surface area contributed by atoms with E-state index in [1.54, 1.807) is 12.2 Å². The second-order valence-corrected chi connectivity index (χ2v) is 12.3. The molecule has 0 amide bonds. The first-order valence-corrected chi connectivity index (χ1v) is 16.8. The fourth-order valence-electron chi connectivity index (χ4n) is 6.75. The SMILES string of the molecule is C=C/C=C\C=C\N(C(/C=C\C=C)=C\c1cccc2c1oc1cc3ccccc3cc12)c1ccc(-c2ccc3c(ccc4ccccc43)c2)cc1. The molecule has 0 N–H and O–H groups in total. The van der Waals surface area contributed by atoms with Crippen molar-refractivity contribution in [3.8, 4) is 11.1 Å². The van der Waals surface area contributed by atoms with Crippen LogP contribution in [0.2, 0.25) is 0 Å². The molecule has 0 radical (unpaired) electrons. The van der Waals surface area contributed by atoms with Crippen LogP contribution < -0.4 is 4.90 Å². The van der Waals surface area contributed by atoms with Crippen molar-refractivity contribution in [1.82, 2.24) is 0 Å². The summed E-state index contributed by atoms with van der Waals surface area (Å²) < 4.78 is 6.57. The summed E-state index contributed by atoms with van der Waals surface area (Å²) >= 11 is 0. The summed E-state index contributed by atoms with van der Waals surface area (Å²) in [6.07, 6.45) is 17.8. The highest BCUT2D eigenvalue weighted by Gasteiger charge is 2.14. The van der Waals surface area contributed by atoms with Crippen LogP contribution in [0.25, 0.3) is 71.5 Å². The molecule has 1 heterocycles. The molecule has 238 valence electrons. The maximum Gasteiger partial charge on any atom is 0.142 e. The van der Waals surface area contributed by atoms with Crippen LogP contribution in [0.15, 0.2) is 205 Å². The number of fused-ring (bicyclic) bond motifs is 7. The zero-order valence-corrected chi connectivity index (χ0v) is 27.7. The Bertz CT molecular complexity index is 2680. The Morgan fingerprint density at radius 2 is 1.22 bits per heavy atom. The summed E-state index contributed by atoms with van der Waals surface area (Å²) in [6, 6.07) is 47.6. The number of para-hydroxylation sites is 1. The lowest BCUT2D eigenvalue weighted by molar-refractivity contribution is 0.668. The lowest BCUT2D eigenvalue weighted by Gasteiger charge is -2.22. The van der Waals surface area contributed by atoms with Crippen molar-refractivity contribution in [2.75, 3.05) is 4.90 Å². The van der Waals surface area contributed by atoms with E-state index in [2.05, 4.69) is 170 Å². The van der Waals surface area contributed by atoms with E-state index in [4.69, 9.17) is 4.42 Å². The molecule has 0 saturated heterocycles. The number of hydrogen-bond donors (Lipinski definition) is 0. The van der Waals surface area contributed by atoms with E-state index in [0.29, 0.717) is 0 Å². The quantitative estimate of drug-likeness (QED) is 0.115. The minimum Gasteiger partial charge on any atom is -0.455 e. The van der Waals surface area contributed by atoms with Gasteiger partial charge in [0, 0.05) is 33.9 Å². The Hall–Kier alpha value is -6.64. The van der Waals surface area contributed by atoms with E-state index in [9.17, 15) is 0 Å². The monoisotopic (exact) mass is 641 g/mol. The zero-order chi connectivity index (χ0) is 33.9. The zero-order valence-electron chi connectivity index (χ0n) is 27.7. The van der Waals surface area contributed by atoms with Gasteiger partial charge < -0.3 is 9.32 Å². The topological polar surface area (TPSA) is 16.4 Å². The van der Waals surface area contributed by atoms with Gasteiger partial charge in [0.15, 0.2) is 0 Å². The third-order valence-electron chi connectivity index (χ3n) is 9.20. The molecule has 1 aromatic heterocycles. The Labute approximate surface area is 292 Å². The van der Waals surface area contributed by atoms with Gasteiger partial charge in [0.1, 0.15) is 11.2 Å². The summed E-state index contributed by atoms with van der Waals surface area (Å²) in [4.78, 5) is 2.18. The van der Waals surface area contributed by atoms with Gasteiger partial charge in [-0.3, -0.25) is 0 Å². The summed E-state index contributed by atoms with van der Waals surface area (Å²) in [7, 11) is 0. The molecule has 8 rings (SSSR count). The van der Waals surface area contributed by atoms with E-state index in [-0.39, 0.29) is 0 Å². The average molecular weight is 642 g/mol. The standard InChI is InChI=1S/C48H35NO/c1-3-5-7-12-29-49(41-26-23-34(24-27-41)38-25-28-44-39(30-38)22-21-35-14-10-11-19-43(35)44)42(18-6-4-2)31-40-17-13-20-45-46-32-36-15-8-9-16-37(36)33-47(46)50-48(40)45/h3-33H,1-2H2/b7-5-,18-6-,29-12+,42-31-. The summed E-state index contributed by atoms with van der Waals surface area (Å²) in [5.74, 6) is 0. The van der Waals surface area contributed by atoms with Crippen molar-refractivity contribution < 1.29 is 4.42 Å². The van der Waals surface area contributed by atoms with Gasteiger partial charge in [-0.25, -0.2) is 0 Å². The van der Waals surface area contributed by atoms with Crippen molar-refractivity contribution in [1.29, 1.82) is 0 Å². The molecular weight excluding hydrogens is 607 g/mol. The predicted molar refractivity (Wildman–Crippen MR) is 216 cm³/mol. The van der Waals surface area contributed by atoms with Crippen molar-refractivity contribution in [2.24, 2.45) is 0 Å². The Morgan fingerprint density at radius 3 is 2.04 bits per heavy atom. The Balaban J connectivity index is 1.21. The van der Waals surface area contributed by atoms with Gasteiger partial charge in [0.05, 0.1) is 0 Å². The lowest BCUT2D eigenvalue weighted by Crippen LogP contribution is -2.14. The van der Waals surface area contributed by atoms with Crippen LogP contribution in [0.4, 0.5) is 5.69 Å². The van der Waals surface area contributed by atoms with E-state index < -0.39 is 0 Å². The number of benzene rings is 7. The highest BCUT2D eigenvalue weighted by molar-refractivity contribution is 6.12. The number of rotatable bonds is 9. The number of furan rings is 1. The molecule has 0 aliphatic carbocycles. The lowest BCUT2D eigenvalue weighted by atomic mass is 9.97. The van der Waals surface area contributed by atoms with Crippen molar-refractivity contribution >= 4 is 66.0 Å². The minimum atomic E-state index is 0.859. The number of nitrogens with zero attached hydrogens (tertiary/aromatic N) is 1. The number of allylic oxidation sites excluding steroid dienone is 7. The third-order valence-corrected chi connectivity index (χ3v) is 9.20. The maximum atomic E-state index is 6.57. The molecule has 0 bridgehead atoms. The molecule has 0 aliphatic heterocycles. The average Bonchev–Trinajstić information content (AvgIpc) is 3.53. The van der Waals surface area contributed by atoms with Crippen molar-refractivity contribution in [3.63, 3.8) is 0 Å². The van der Waals surface area contributed by atoms with Crippen LogP contribution in [-0.4, -0.2) is 0 Å². The van der Waals surface area contributed by atoms with Crippen LogP contribution in [0.1, 0.15) is 5.56 Å². The molecule has 8 aromatic rings. The van der Waals surface area contributed by atoms with Gasteiger partial charge in [-0.05, 0) is 92.0 Å². The smallest absolute Gasteiger partial charge is 0.142 e. The van der Waals surface area contributed by atoms with E-state index in [1.807, 2.05) is 24.3 Å². The van der Waals surface area contributed by atoms with Crippen LogP contribution in [0, 0.1) is 0 Å². The molecule has 50 heavy (non-hydrogen) atoms. The minimum absolute atomic E-state index is 0.859. The molecule has 7 aromatic carbocycles. The molecule has 2 heteroatoms. The molecule has 0 saturated carbocycles. The van der Waals surface area contributed by atoms with Crippen molar-refractivity contribution in [3.05, 3.63) is 207 Å². The first-order chi connectivity index (χ1) is 24.7. The van der Waals surface area contributed by atoms with Crippen LogP contribution >= 0.6 is 0 Å². The van der Waals surface area contributed by atoms with Gasteiger partial charge in [-0.1, -0.05) is 147 Å². The van der Waals surface area contributed by atoms with Gasteiger partial charge >= 0.3 is 0 Å². The number of hydrogen-bond acceptors (Lipinski definition) is 2. The largest absolute Gasteiger partial charge is 0.455 e. The fourth-order valence-corrected chi connectivity index (χ4v) is 6.75. The Kier molecular flexibility index (Phi) is 8.26. The first-order valence-electron chi connectivity index (χ1n) is 16.8. The first kappa shape index (κ1) is 30.7.